The van der Waals surface area contributed by atoms with Crippen molar-refractivity contribution in [3.05, 3.63) is 83.9 Å². The third-order valence-corrected chi connectivity index (χ3v) is 4.71. The molecule has 3 aromatic carbocycles. The first kappa shape index (κ1) is 20.3. The standard InChI is InChI=1S/C24H23NO4/c1-3-29-24(28)21(23(27)18-10-5-4-6-11-18)22(25-16(2)26)20-14-13-17-9-7-8-12-19(17)15-20/h4-15,21-22H,3H2,1-2H3,(H,25,26). The highest BCUT2D eigenvalue weighted by Gasteiger charge is 2.38. The molecule has 148 valence electrons. The molecule has 3 aromatic rings. The van der Waals surface area contributed by atoms with Crippen LogP contribution >= 0.6 is 0 Å². The van der Waals surface area contributed by atoms with Gasteiger partial charge in [0, 0.05) is 12.5 Å². The molecule has 2 atom stereocenters. The fourth-order valence-electron chi connectivity index (χ4n) is 3.39. The maximum absolute atomic E-state index is 13.3. The highest BCUT2D eigenvalue weighted by Crippen LogP contribution is 2.29. The van der Waals surface area contributed by atoms with Gasteiger partial charge in [0.25, 0.3) is 0 Å². The summed E-state index contributed by atoms with van der Waals surface area (Å²) in [5.41, 5.74) is 1.06. The molecule has 0 heterocycles. The minimum Gasteiger partial charge on any atom is -0.465 e. The predicted molar refractivity (Wildman–Crippen MR) is 111 cm³/mol. The number of rotatable bonds is 7. The molecule has 29 heavy (non-hydrogen) atoms. The number of Topliss-reactive ketones (excluding diaryl/α,β-unsaturated/α-hetero) is 1. The molecule has 0 aliphatic carbocycles. The maximum atomic E-state index is 13.3. The lowest BCUT2D eigenvalue weighted by Crippen LogP contribution is -2.40. The van der Waals surface area contributed by atoms with Gasteiger partial charge in [-0.2, -0.15) is 0 Å². The molecular formula is C24H23NO4. The lowest BCUT2D eigenvalue weighted by atomic mass is 9.85. The van der Waals surface area contributed by atoms with Crippen LogP contribution < -0.4 is 5.32 Å². The summed E-state index contributed by atoms with van der Waals surface area (Å²) in [6, 6.07) is 21.1. The van der Waals surface area contributed by atoms with E-state index in [2.05, 4.69) is 5.32 Å². The molecular weight excluding hydrogens is 366 g/mol. The Balaban J connectivity index is 2.10. The predicted octanol–water partition coefficient (Wildman–Crippen LogP) is 4.08. The topological polar surface area (TPSA) is 72.5 Å². The van der Waals surface area contributed by atoms with Crippen LogP contribution in [-0.2, 0) is 14.3 Å². The van der Waals surface area contributed by atoms with E-state index < -0.39 is 23.7 Å². The fraction of sp³-hybridized carbons (Fsp3) is 0.208. The van der Waals surface area contributed by atoms with Crippen molar-refractivity contribution in [2.75, 3.05) is 6.61 Å². The number of nitrogens with one attached hydrogen (secondary N) is 1. The number of amides is 1. The Morgan fingerprint density at radius 2 is 1.55 bits per heavy atom. The van der Waals surface area contributed by atoms with Crippen LogP contribution in [0.15, 0.2) is 72.8 Å². The quantitative estimate of drug-likeness (QED) is 0.375. The van der Waals surface area contributed by atoms with Crippen molar-refractivity contribution in [2.24, 2.45) is 5.92 Å². The van der Waals surface area contributed by atoms with Crippen LogP contribution in [0, 0.1) is 5.92 Å². The summed E-state index contributed by atoms with van der Waals surface area (Å²) in [5.74, 6) is -2.58. The Morgan fingerprint density at radius 1 is 0.897 bits per heavy atom. The molecule has 1 N–H and O–H groups in total. The first-order valence-corrected chi connectivity index (χ1v) is 9.53. The van der Waals surface area contributed by atoms with Gasteiger partial charge in [0.2, 0.25) is 5.91 Å². The van der Waals surface area contributed by atoms with E-state index in [1.165, 1.54) is 6.92 Å². The molecule has 3 rings (SSSR count). The van der Waals surface area contributed by atoms with Gasteiger partial charge in [0.15, 0.2) is 5.78 Å². The fourth-order valence-corrected chi connectivity index (χ4v) is 3.39. The number of ether oxygens (including phenoxy) is 1. The molecule has 0 aliphatic heterocycles. The van der Waals surface area contributed by atoms with Gasteiger partial charge in [-0.15, -0.1) is 0 Å². The van der Waals surface area contributed by atoms with E-state index in [1.54, 1.807) is 37.3 Å². The third-order valence-electron chi connectivity index (χ3n) is 4.71. The molecule has 0 aromatic heterocycles. The van der Waals surface area contributed by atoms with Crippen LogP contribution in [-0.4, -0.2) is 24.3 Å². The van der Waals surface area contributed by atoms with E-state index in [-0.39, 0.29) is 12.5 Å². The Morgan fingerprint density at radius 3 is 2.21 bits per heavy atom. The van der Waals surface area contributed by atoms with E-state index in [1.807, 2.05) is 42.5 Å². The Bertz CT molecular complexity index is 1030. The van der Waals surface area contributed by atoms with Crippen molar-refractivity contribution < 1.29 is 19.1 Å². The summed E-state index contributed by atoms with van der Waals surface area (Å²) in [5, 5.41) is 4.77. The first-order valence-electron chi connectivity index (χ1n) is 9.53. The van der Waals surface area contributed by atoms with Gasteiger partial charge < -0.3 is 10.1 Å². The number of benzene rings is 3. The van der Waals surface area contributed by atoms with E-state index in [0.717, 1.165) is 10.8 Å². The van der Waals surface area contributed by atoms with Gasteiger partial charge in [-0.1, -0.05) is 66.7 Å². The van der Waals surface area contributed by atoms with E-state index in [0.29, 0.717) is 11.1 Å². The van der Waals surface area contributed by atoms with Crippen LogP contribution in [0.5, 0.6) is 0 Å². The minimum absolute atomic E-state index is 0.141. The van der Waals surface area contributed by atoms with Crippen LogP contribution in [0.2, 0.25) is 0 Å². The molecule has 0 aliphatic rings. The highest BCUT2D eigenvalue weighted by molar-refractivity contribution is 6.09. The first-order chi connectivity index (χ1) is 14.0. The molecule has 0 saturated carbocycles. The number of carbonyl (C=O) groups is 3. The van der Waals surface area contributed by atoms with Gasteiger partial charge >= 0.3 is 5.97 Å². The number of hydrogen-bond donors (Lipinski definition) is 1. The highest BCUT2D eigenvalue weighted by atomic mass is 16.5. The Labute approximate surface area is 169 Å². The monoisotopic (exact) mass is 389 g/mol. The van der Waals surface area contributed by atoms with Gasteiger partial charge in [-0.25, -0.2) is 0 Å². The Kier molecular flexibility index (Phi) is 6.39. The van der Waals surface area contributed by atoms with Gasteiger partial charge in [-0.3, -0.25) is 14.4 Å². The molecule has 0 saturated heterocycles. The van der Waals surface area contributed by atoms with Crippen molar-refractivity contribution >= 4 is 28.4 Å². The second kappa shape index (κ2) is 9.15. The van der Waals surface area contributed by atoms with Crippen LogP contribution in [0.25, 0.3) is 10.8 Å². The Hall–Kier alpha value is -3.47. The SMILES string of the molecule is CCOC(=O)C(C(=O)c1ccccc1)C(NC(C)=O)c1ccc2ccccc2c1. The molecule has 0 fully saturated rings. The van der Waals surface area contributed by atoms with Crippen molar-refractivity contribution in [1.82, 2.24) is 5.32 Å². The molecule has 2 unspecified atom stereocenters. The summed E-state index contributed by atoms with van der Waals surface area (Å²) in [4.78, 5) is 38.1. The van der Waals surface area contributed by atoms with Crippen molar-refractivity contribution in [1.29, 1.82) is 0 Å². The second-order valence-corrected chi connectivity index (χ2v) is 6.74. The summed E-state index contributed by atoms with van der Waals surface area (Å²) < 4.78 is 5.21. The van der Waals surface area contributed by atoms with Crippen LogP contribution in [0.1, 0.15) is 35.8 Å². The average molecular weight is 389 g/mol. The number of ketones is 1. The molecule has 0 radical (unpaired) electrons. The average Bonchev–Trinajstić information content (AvgIpc) is 2.73. The molecule has 0 bridgehead atoms. The zero-order valence-electron chi connectivity index (χ0n) is 16.4. The molecule has 1 amide bonds. The minimum atomic E-state index is -1.19. The normalized spacial score (nSPS) is 12.8. The van der Waals surface area contributed by atoms with Crippen LogP contribution in [0.3, 0.4) is 0 Å². The van der Waals surface area contributed by atoms with Gasteiger partial charge in [0.1, 0.15) is 5.92 Å². The second-order valence-electron chi connectivity index (χ2n) is 6.74. The maximum Gasteiger partial charge on any atom is 0.319 e. The summed E-state index contributed by atoms with van der Waals surface area (Å²) >= 11 is 0. The largest absolute Gasteiger partial charge is 0.465 e. The summed E-state index contributed by atoms with van der Waals surface area (Å²) in [6.45, 7) is 3.19. The zero-order valence-corrected chi connectivity index (χ0v) is 16.4. The number of carbonyl (C=O) groups excluding carboxylic acids is 3. The number of fused-ring (bicyclic) bond motifs is 1. The van der Waals surface area contributed by atoms with Crippen LogP contribution in [0.4, 0.5) is 0 Å². The molecule has 5 heteroatoms. The number of esters is 1. The lowest BCUT2D eigenvalue weighted by Gasteiger charge is -2.26. The van der Waals surface area contributed by atoms with Crippen molar-refractivity contribution in [2.45, 2.75) is 19.9 Å². The summed E-state index contributed by atoms with van der Waals surface area (Å²) in [7, 11) is 0. The van der Waals surface area contributed by atoms with Gasteiger partial charge in [-0.05, 0) is 29.3 Å². The lowest BCUT2D eigenvalue weighted by molar-refractivity contribution is -0.147. The zero-order chi connectivity index (χ0) is 20.8. The van der Waals surface area contributed by atoms with Gasteiger partial charge in [0.05, 0.1) is 12.6 Å². The van der Waals surface area contributed by atoms with Crippen molar-refractivity contribution in [3.63, 3.8) is 0 Å². The molecule has 5 nitrogen and oxygen atoms in total. The van der Waals surface area contributed by atoms with E-state index >= 15 is 0 Å². The third kappa shape index (κ3) is 4.69. The van der Waals surface area contributed by atoms with E-state index in [4.69, 9.17) is 4.74 Å². The number of hydrogen-bond acceptors (Lipinski definition) is 4. The van der Waals surface area contributed by atoms with Crippen molar-refractivity contribution in [3.8, 4) is 0 Å². The summed E-state index contributed by atoms with van der Waals surface area (Å²) in [6.07, 6.45) is 0. The van der Waals surface area contributed by atoms with E-state index in [9.17, 15) is 14.4 Å². The smallest absolute Gasteiger partial charge is 0.319 e. The molecule has 0 spiro atoms.